The molecular formula is C12H11F2NO. The first-order chi connectivity index (χ1) is 7.66. The maximum absolute atomic E-state index is 13.2. The molecule has 4 heteroatoms. The Labute approximate surface area is 91.9 Å². The van der Waals surface area contributed by atoms with Crippen LogP contribution in [-0.4, -0.2) is 0 Å². The average molecular weight is 223 g/mol. The fourth-order valence-electron chi connectivity index (χ4n) is 1.39. The highest BCUT2D eigenvalue weighted by Crippen LogP contribution is 2.17. The van der Waals surface area contributed by atoms with Gasteiger partial charge in [-0.15, -0.1) is 0 Å². The van der Waals surface area contributed by atoms with Crippen molar-refractivity contribution >= 4 is 5.69 Å². The third kappa shape index (κ3) is 2.21. The second-order valence-electron chi connectivity index (χ2n) is 3.50. The fraction of sp³-hybridized carbons (Fsp3) is 0.167. The monoisotopic (exact) mass is 223 g/mol. The summed E-state index contributed by atoms with van der Waals surface area (Å²) in [5, 5.41) is 2.79. The summed E-state index contributed by atoms with van der Waals surface area (Å²) in [5.74, 6) is -0.241. The number of furan rings is 1. The molecule has 0 fully saturated rings. The van der Waals surface area contributed by atoms with Crippen LogP contribution in [0.5, 0.6) is 0 Å². The molecule has 0 radical (unpaired) electrons. The third-order valence-corrected chi connectivity index (χ3v) is 2.34. The van der Waals surface area contributed by atoms with E-state index in [1.807, 2.05) is 13.0 Å². The van der Waals surface area contributed by atoms with Crippen LogP contribution in [0.25, 0.3) is 0 Å². The largest absolute Gasteiger partial charge is 0.467 e. The Hall–Kier alpha value is -1.84. The molecule has 0 bridgehead atoms. The molecule has 0 aliphatic carbocycles. The van der Waals surface area contributed by atoms with E-state index in [1.54, 1.807) is 6.26 Å². The lowest BCUT2D eigenvalue weighted by molar-refractivity contribution is 0.514. The maximum Gasteiger partial charge on any atom is 0.146 e. The molecule has 0 spiro atoms. The minimum Gasteiger partial charge on any atom is -0.467 e. The van der Waals surface area contributed by atoms with Crippen molar-refractivity contribution in [2.24, 2.45) is 0 Å². The van der Waals surface area contributed by atoms with Crippen LogP contribution in [-0.2, 0) is 6.54 Å². The molecule has 0 atom stereocenters. The number of hydrogen-bond acceptors (Lipinski definition) is 2. The number of hydrogen-bond donors (Lipinski definition) is 1. The highest BCUT2D eigenvalue weighted by Gasteiger charge is 2.05. The summed E-state index contributed by atoms with van der Waals surface area (Å²) in [5.41, 5.74) is 1.11. The van der Waals surface area contributed by atoms with Crippen molar-refractivity contribution in [2.75, 3.05) is 5.32 Å². The van der Waals surface area contributed by atoms with Crippen LogP contribution in [0.2, 0.25) is 0 Å². The normalized spacial score (nSPS) is 10.4. The van der Waals surface area contributed by atoms with Gasteiger partial charge in [-0.05, 0) is 36.8 Å². The van der Waals surface area contributed by atoms with Crippen molar-refractivity contribution in [3.8, 4) is 0 Å². The van der Waals surface area contributed by atoms with E-state index in [9.17, 15) is 8.78 Å². The second kappa shape index (κ2) is 4.35. The molecule has 2 rings (SSSR count). The lowest BCUT2D eigenvalue weighted by Gasteiger charge is -2.06. The van der Waals surface area contributed by atoms with Crippen LogP contribution in [0.3, 0.4) is 0 Å². The Morgan fingerprint density at radius 1 is 1.25 bits per heavy atom. The van der Waals surface area contributed by atoms with E-state index in [0.29, 0.717) is 12.3 Å². The van der Waals surface area contributed by atoms with E-state index in [4.69, 9.17) is 4.42 Å². The van der Waals surface area contributed by atoms with Gasteiger partial charge in [0.25, 0.3) is 0 Å². The molecule has 0 saturated carbocycles. The summed E-state index contributed by atoms with van der Waals surface area (Å²) in [6.45, 7) is 2.22. The van der Waals surface area contributed by atoms with Gasteiger partial charge < -0.3 is 9.73 Å². The van der Waals surface area contributed by atoms with E-state index in [-0.39, 0.29) is 5.69 Å². The Kier molecular flexibility index (Phi) is 2.90. The maximum atomic E-state index is 13.2. The average Bonchev–Trinajstić information content (AvgIpc) is 2.66. The highest BCUT2D eigenvalue weighted by molar-refractivity contribution is 5.45. The molecule has 1 N–H and O–H groups in total. The lowest BCUT2D eigenvalue weighted by Crippen LogP contribution is -2.02. The number of halogens is 2. The summed E-state index contributed by atoms with van der Waals surface area (Å²) in [7, 11) is 0. The van der Waals surface area contributed by atoms with Gasteiger partial charge in [0.05, 0.1) is 18.5 Å². The van der Waals surface area contributed by atoms with E-state index in [0.717, 1.165) is 23.8 Å². The molecule has 0 saturated heterocycles. The van der Waals surface area contributed by atoms with Gasteiger partial charge in [-0.1, -0.05) is 0 Å². The van der Waals surface area contributed by atoms with Crippen molar-refractivity contribution in [3.63, 3.8) is 0 Å². The first-order valence-electron chi connectivity index (χ1n) is 4.88. The molecule has 84 valence electrons. The molecule has 1 aromatic carbocycles. The number of aryl methyl sites for hydroxylation is 1. The minimum atomic E-state index is -0.481. The summed E-state index contributed by atoms with van der Waals surface area (Å²) in [6, 6.07) is 5.11. The van der Waals surface area contributed by atoms with Gasteiger partial charge >= 0.3 is 0 Å². The van der Waals surface area contributed by atoms with Gasteiger partial charge in [0.2, 0.25) is 0 Å². The van der Waals surface area contributed by atoms with Crippen LogP contribution in [0.4, 0.5) is 14.5 Å². The zero-order valence-electron chi connectivity index (χ0n) is 8.76. The van der Waals surface area contributed by atoms with Gasteiger partial charge in [0.15, 0.2) is 0 Å². The van der Waals surface area contributed by atoms with Crippen LogP contribution in [0, 0.1) is 18.6 Å². The predicted octanol–water partition coefficient (Wildman–Crippen LogP) is 3.48. The molecule has 0 aliphatic heterocycles. The van der Waals surface area contributed by atoms with Crippen molar-refractivity contribution in [2.45, 2.75) is 13.5 Å². The van der Waals surface area contributed by atoms with Gasteiger partial charge in [0, 0.05) is 0 Å². The van der Waals surface area contributed by atoms with Gasteiger partial charge in [0.1, 0.15) is 17.4 Å². The Morgan fingerprint density at radius 3 is 2.75 bits per heavy atom. The van der Waals surface area contributed by atoms with E-state index < -0.39 is 11.6 Å². The van der Waals surface area contributed by atoms with E-state index >= 15 is 0 Å². The molecule has 0 unspecified atom stereocenters. The zero-order chi connectivity index (χ0) is 11.5. The quantitative estimate of drug-likeness (QED) is 0.861. The summed E-state index contributed by atoms with van der Waals surface area (Å²) in [4.78, 5) is 0. The SMILES string of the molecule is Cc1ccoc1CNc1cc(F)ccc1F. The van der Waals surface area contributed by atoms with E-state index in [1.165, 1.54) is 0 Å². The van der Waals surface area contributed by atoms with Crippen LogP contribution in [0.15, 0.2) is 34.9 Å². The zero-order valence-corrected chi connectivity index (χ0v) is 8.76. The molecule has 16 heavy (non-hydrogen) atoms. The molecule has 1 heterocycles. The first kappa shape index (κ1) is 10.7. The van der Waals surface area contributed by atoms with Crippen molar-refractivity contribution in [3.05, 3.63) is 53.5 Å². The van der Waals surface area contributed by atoms with Gasteiger partial charge in [-0.3, -0.25) is 0 Å². The van der Waals surface area contributed by atoms with Gasteiger partial charge in [-0.25, -0.2) is 8.78 Å². The molecule has 2 nitrogen and oxygen atoms in total. The summed E-state index contributed by atoms with van der Waals surface area (Å²) >= 11 is 0. The smallest absolute Gasteiger partial charge is 0.146 e. The Bertz CT molecular complexity index is 494. The predicted molar refractivity (Wildman–Crippen MR) is 57.1 cm³/mol. The number of nitrogens with one attached hydrogen (secondary N) is 1. The van der Waals surface area contributed by atoms with Crippen LogP contribution >= 0.6 is 0 Å². The summed E-state index contributed by atoms with van der Waals surface area (Å²) in [6.07, 6.45) is 1.56. The molecule has 2 aromatic rings. The second-order valence-corrected chi connectivity index (χ2v) is 3.50. The van der Waals surface area contributed by atoms with Crippen LogP contribution in [0.1, 0.15) is 11.3 Å². The first-order valence-corrected chi connectivity index (χ1v) is 4.88. The number of benzene rings is 1. The van der Waals surface area contributed by atoms with E-state index in [2.05, 4.69) is 5.32 Å². The molecule has 1 aromatic heterocycles. The van der Waals surface area contributed by atoms with Crippen molar-refractivity contribution in [1.29, 1.82) is 0 Å². The summed E-state index contributed by atoms with van der Waals surface area (Å²) < 4.78 is 31.3. The molecule has 0 aliphatic rings. The van der Waals surface area contributed by atoms with Gasteiger partial charge in [-0.2, -0.15) is 0 Å². The number of anilines is 1. The molecular weight excluding hydrogens is 212 g/mol. The Balaban J connectivity index is 2.10. The highest BCUT2D eigenvalue weighted by atomic mass is 19.1. The van der Waals surface area contributed by atoms with Crippen molar-refractivity contribution in [1.82, 2.24) is 0 Å². The molecule has 0 amide bonds. The lowest BCUT2D eigenvalue weighted by atomic mass is 10.2. The fourth-order valence-corrected chi connectivity index (χ4v) is 1.39. The topological polar surface area (TPSA) is 25.2 Å². The third-order valence-electron chi connectivity index (χ3n) is 2.34. The number of rotatable bonds is 3. The van der Waals surface area contributed by atoms with Crippen LogP contribution < -0.4 is 5.32 Å². The van der Waals surface area contributed by atoms with Crippen molar-refractivity contribution < 1.29 is 13.2 Å². The Morgan fingerprint density at radius 2 is 2.06 bits per heavy atom. The standard InChI is InChI=1S/C12H11F2NO/c1-8-4-5-16-12(8)7-15-11-6-9(13)2-3-10(11)14/h2-6,15H,7H2,1H3. The minimum absolute atomic E-state index is 0.135.